The zero-order valence-corrected chi connectivity index (χ0v) is 17.0. The maximum atomic E-state index is 12.5. The van der Waals surface area contributed by atoms with Gasteiger partial charge in [0.1, 0.15) is 16.5 Å². The smallest absolute Gasteiger partial charge is 0.497 e. The number of hydrogen-bond acceptors (Lipinski definition) is 6. The predicted molar refractivity (Wildman–Crippen MR) is 104 cm³/mol. The van der Waals surface area contributed by atoms with Gasteiger partial charge in [0.2, 0.25) is 0 Å². The van der Waals surface area contributed by atoms with E-state index >= 15 is 0 Å². The number of aromatic nitrogens is 2. The van der Waals surface area contributed by atoms with Crippen molar-refractivity contribution in [1.82, 2.24) is 9.78 Å². The molecule has 1 saturated heterocycles. The lowest BCUT2D eigenvalue weighted by atomic mass is 9.85. The van der Waals surface area contributed by atoms with Crippen molar-refractivity contribution in [2.45, 2.75) is 38.9 Å². The zero-order chi connectivity index (χ0) is 20.0. The molecule has 9 heteroatoms. The summed E-state index contributed by atoms with van der Waals surface area (Å²) in [5, 5.41) is 4.67. The lowest BCUT2D eigenvalue weighted by Gasteiger charge is -2.32. The Morgan fingerprint density at radius 1 is 1.07 bits per heavy atom. The summed E-state index contributed by atoms with van der Waals surface area (Å²) in [5.74, 6) is 0.863. The molecule has 2 heterocycles. The van der Waals surface area contributed by atoms with E-state index in [0.717, 1.165) is 0 Å². The summed E-state index contributed by atoms with van der Waals surface area (Å²) in [7, 11) is 2.30. The van der Waals surface area contributed by atoms with Crippen LogP contribution in [0.2, 0.25) is 5.02 Å². The quantitative estimate of drug-likeness (QED) is 0.743. The molecule has 0 radical (unpaired) electrons. The van der Waals surface area contributed by atoms with Crippen molar-refractivity contribution in [3.05, 3.63) is 39.6 Å². The van der Waals surface area contributed by atoms with Crippen molar-refractivity contribution in [1.29, 1.82) is 0 Å². The fourth-order valence-corrected chi connectivity index (χ4v) is 2.93. The highest BCUT2D eigenvalue weighted by atomic mass is 35.5. The van der Waals surface area contributed by atoms with Gasteiger partial charge in [0, 0.05) is 18.2 Å². The van der Waals surface area contributed by atoms with Gasteiger partial charge in [-0.1, -0.05) is 11.6 Å². The van der Waals surface area contributed by atoms with Crippen LogP contribution in [0.5, 0.6) is 11.5 Å². The first kappa shape index (κ1) is 19.7. The Bertz CT molecular complexity index is 912. The van der Waals surface area contributed by atoms with Crippen molar-refractivity contribution >= 4 is 24.3 Å². The molecule has 27 heavy (non-hydrogen) atoms. The minimum absolute atomic E-state index is 0.249. The predicted octanol–water partition coefficient (Wildman–Crippen LogP) is 2.20. The van der Waals surface area contributed by atoms with E-state index in [1.807, 2.05) is 27.7 Å². The molecule has 0 atom stereocenters. The molecule has 1 fully saturated rings. The molecule has 0 unspecified atom stereocenters. The van der Waals surface area contributed by atoms with Crippen molar-refractivity contribution in [2.75, 3.05) is 14.2 Å². The molecular formula is C18H22BClN2O5. The molecule has 1 aliphatic rings. The summed E-state index contributed by atoms with van der Waals surface area (Å²) in [5.41, 5.74) is -0.580. The van der Waals surface area contributed by atoms with E-state index in [0.29, 0.717) is 22.8 Å². The fraction of sp³-hybridized carbons (Fsp3) is 0.444. The molecule has 3 rings (SSSR count). The topological polar surface area (TPSA) is 71.8 Å². The van der Waals surface area contributed by atoms with Crippen LogP contribution < -0.4 is 20.6 Å². The van der Waals surface area contributed by atoms with Gasteiger partial charge >= 0.3 is 7.12 Å². The molecule has 1 aromatic heterocycles. The zero-order valence-electron chi connectivity index (χ0n) is 16.2. The summed E-state index contributed by atoms with van der Waals surface area (Å²) in [6.07, 6.45) is 0. The van der Waals surface area contributed by atoms with Gasteiger partial charge in [-0.3, -0.25) is 4.79 Å². The average molecular weight is 393 g/mol. The largest absolute Gasteiger partial charge is 0.516 e. The third-order valence-corrected chi connectivity index (χ3v) is 5.37. The lowest BCUT2D eigenvalue weighted by molar-refractivity contribution is 0.00578. The second kappa shape index (κ2) is 6.85. The number of nitrogens with zero attached hydrogens (tertiary/aromatic N) is 2. The summed E-state index contributed by atoms with van der Waals surface area (Å²) in [4.78, 5) is 12.5. The van der Waals surface area contributed by atoms with Crippen LogP contribution in [0.15, 0.2) is 29.1 Å². The lowest BCUT2D eigenvalue weighted by Crippen LogP contribution is -2.41. The SMILES string of the molecule is COc1cc(OC)c(Cl)c(-n2nc(B3OC(C)(C)C(C)(C)O3)ccc2=O)c1. The van der Waals surface area contributed by atoms with Gasteiger partial charge in [0.05, 0.1) is 36.7 Å². The third kappa shape index (κ3) is 3.44. The van der Waals surface area contributed by atoms with Crippen LogP contribution in [-0.4, -0.2) is 42.3 Å². The number of benzene rings is 1. The Morgan fingerprint density at radius 3 is 2.26 bits per heavy atom. The Balaban J connectivity index is 2.10. The van der Waals surface area contributed by atoms with E-state index in [2.05, 4.69) is 5.10 Å². The van der Waals surface area contributed by atoms with Gasteiger partial charge in [-0.15, -0.1) is 0 Å². The van der Waals surface area contributed by atoms with Crippen LogP contribution in [0.3, 0.4) is 0 Å². The minimum atomic E-state index is -0.701. The van der Waals surface area contributed by atoms with Crippen LogP contribution >= 0.6 is 11.6 Å². The van der Waals surface area contributed by atoms with Crippen molar-refractivity contribution < 1.29 is 18.8 Å². The molecule has 0 bridgehead atoms. The Morgan fingerprint density at radius 2 is 1.70 bits per heavy atom. The molecule has 0 saturated carbocycles. The molecule has 1 aromatic carbocycles. The van der Waals surface area contributed by atoms with E-state index in [1.165, 1.54) is 25.0 Å². The van der Waals surface area contributed by atoms with Gasteiger partial charge in [-0.2, -0.15) is 9.78 Å². The highest BCUT2D eigenvalue weighted by molar-refractivity contribution is 6.61. The van der Waals surface area contributed by atoms with Crippen molar-refractivity contribution in [3.8, 4) is 17.2 Å². The van der Waals surface area contributed by atoms with Crippen LogP contribution in [0.1, 0.15) is 27.7 Å². The number of rotatable bonds is 4. The van der Waals surface area contributed by atoms with Crippen LogP contribution in [0, 0.1) is 0 Å². The number of hydrogen-bond donors (Lipinski definition) is 0. The molecule has 0 amide bonds. The van der Waals surface area contributed by atoms with Crippen molar-refractivity contribution in [3.63, 3.8) is 0 Å². The first-order valence-corrected chi connectivity index (χ1v) is 8.85. The van der Waals surface area contributed by atoms with E-state index in [1.54, 1.807) is 18.2 Å². The van der Waals surface area contributed by atoms with E-state index in [9.17, 15) is 4.79 Å². The van der Waals surface area contributed by atoms with E-state index in [-0.39, 0.29) is 10.6 Å². The molecule has 144 valence electrons. The number of halogens is 1. The van der Waals surface area contributed by atoms with Gasteiger partial charge in [0.25, 0.3) is 5.56 Å². The summed E-state index contributed by atoms with van der Waals surface area (Å²) in [6, 6.07) is 6.24. The molecule has 7 nitrogen and oxygen atoms in total. The minimum Gasteiger partial charge on any atom is -0.497 e. The molecule has 0 aliphatic carbocycles. The van der Waals surface area contributed by atoms with Crippen LogP contribution in [-0.2, 0) is 9.31 Å². The van der Waals surface area contributed by atoms with Gasteiger partial charge in [0.15, 0.2) is 0 Å². The number of ether oxygens (including phenoxy) is 2. The Labute approximate surface area is 163 Å². The monoisotopic (exact) mass is 392 g/mol. The van der Waals surface area contributed by atoms with Crippen LogP contribution in [0.25, 0.3) is 5.69 Å². The fourth-order valence-electron chi connectivity index (χ4n) is 2.67. The summed E-state index contributed by atoms with van der Waals surface area (Å²) >= 11 is 6.40. The van der Waals surface area contributed by atoms with E-state index < -0.39 is 18.3 Å². The van der Waals surface area contributed by atoms with Gasteiger partial charge in [-0.25, -0.2) is 0 Å². The summed E-state index contributed by atoms with van der Waals surface area (Å²) < 4.78 is 23.8. The molecule has 0 N–H and O–H groups in total. The Hall–Kier alpha value is -2.03. The third-order valence-electron chi connectivity index (χ3n) is 4.99. The molecule has 1 aliphatic heterocycles. The normalized spacial score (nSPS) is 17.8. The summed E-state index contributed by atoms with van der Waals surface area (Å²) in [6.45, 7) is 7.80. The first-order chi connectivity index (χ1) is 12.6. The van der Waals surface area contributed by atoms with Crippen molar-refractivity contribution in [2.24, 2.45) is 0 Å². The van der Waals surface area contributed by atoms with Gasteiger partial charge < -0.3 is 18.8 Å². The van der Waals surface area contributed by atoms with Crippen LogP contribution in [0.4, 0.5) is 0 Å². The van der Waals surface area contributed by atoms with E-state index in [4.69, 9.17) is 30.4 Å². The molecular weight excluding hydrogens is 370 g/mol. The van der Waals surface area contributed by atoms with Gasteiger partial charge in [-0.05, 0) is 33.8 Å². The highest BCUT2D eigenvalue weighted by Gasteiger charge is 2.52. The maximum absolute atomic E-state index is 12.5. The molecule has 2 aromatic rings. The Kier molecular flexibility index (Phi) is 5.01. The second-order valence-corrected chi connectivity index (χ2v) is 7.64. The average Bonchev–Trinajstić information content (AvgIpc) is 2.83. The first-order valence-electron chi connectivity index (χ1n) is 8.47. The highest BCUT2D eigenvalue weighted by Crippen LogP contribution is 2.37. The number of methoxy groups -OCH3 is 2. The maximum Gasteiger partial charge on any atom is 0.516 e. The molecule has 0 spiro atoms. The standard InChI is InChI=1S/C18H22BClN2O5/c1-17(2)18(3,4)27-19(26-17)14-7-8-15(23)22(21-14)12-9-11(24-5)10-13(25-6)16(12)20/h7-10H,1-6H3. The second-order valence-electron chi connectivity index (χ2n) is 7.26.